The highest BCUT2D eigenvalue weighted by Crippen LogP contribution is 2.30. The molecule has 0 saturated heterocycles. The first-order valence-corrected chi connectivity index (χ1v) is 11.6. The molecule has 10 heteroatoms. The van der Waals surface area contributed by atoms with Gasteiger partial charge in [0.15, 0.2) is 0 Å². The van der Waals surface area contributed by atoms with Gasteiger partial charge in [0.2, 0.25) is 0 Å². The van der Waals surface area contributed by atoms with Crippen LogP contribution in [0.3, 0.4) is 0 Å². The van der Waals surface area contributed by atoms with Crippen molar-refractivity contribution in [1.82, 2.24) is 0 Å². The Hall–Kier alpha value is -4.50. The number of amides is 3. The number of halogens is 2. The molecule has 188 valence electrons. The van der Waals surface area contributed by atoms with Gasteiger partial charge in [-0.05, 0) is 74.5 Å². The maximum absolute atomic E-state index is 13.3. The first kappa shape index (κ1) is 25.6. The lowest BCUT2D eigenvalue weighted by molar-refractivity contribution is -0.120. The Kier molecular flexibility index (Phi) is 7.35. The molecular formula is C27H21ClFN3O5. The van der Waals surface area contributed by atoms with Crippen molar-refractivity contribution in [2.75, 3.05) is 15.5 Å². The van der Waals surface area contributed by atoms with Gasteiger partial charge in [0, 0.05) is 16.9 Å². The summed E-state index contributed by atoms with van der Waals surface area (Å²) in [6.45, 7) is 3.48. The van der Waals surface area contributed by atoms with E-state index in [4.69, 9.17) is 16.3 Å². The van der Waals surface area contributed by atoms with Crippen molar-refractivity contribution in [3.8, 4) is 0 Å². The second-order valence-electron chi connectivity index (χ2n) is 8.31. The van der Waals surface area contributed by atoms with Crippen LogP contribution < -0.4 is 15.5 Å². The molecule has 1 aliphatic rings. The maximum atomic E-state index is 13.3. The van der Waals surface area contributed by atoms with E-state index in [0.29, 0.717) is 16.9 Å². The standard InChI is InChI=1S/C27H21ClFN3O5/c1-15(2)37-27(36)17-6-4-8-20(14-17)31-24(33)16-5-3-7-19(13-16)30-23-22(28)25(34)32(26(23)35)21-11-9-18(29)10-12-21/h3-15,30H,1-2H3,(H,31,33). The van der Waals surface area contributed by atoms with Crippen molar-refractivity contribution in [1.29, 1.82) is 0 Å². The van der Waals surface area contributed by atoms with Crippen LogP contribution in [0.4, 0.5) is 21.5 Å². The minimum absolute atomic E-state index is 0.166. The summed E-state index contributed by atoms with van der Waals surface area (Å²) in [7, 11) is 0. The van der Waals surface area contributed by atoms with E-state index < -0.39 is 29.5 Å². The van der Waals surface area contributed by atoms with Gasteiger partial charge in [0.25, 0.3) is 17.7 Å². The van der Waals surface area contributed by atoms with Gasteiger partial charge < -0.3 is 15.4 Å². The fourth-order valence-electron chi connectivity index (χ4n) is 3.53. The van der Waals surface area contributed by atoms with Crippen LogP contribution >= 0.6 is 11.6 Å². The molecule has 0 unspecified atom stereocenters. The number of nitrogens with zero attached hydrogens (tertiary/aromatic N) is 1. The smallest absolute Gasteiger partial charge is 0.338 e. The number of benzene rings is 3. The lowest BCUT2D eigenvalue weighted by Gasteiger charge is -2.15. The number of hydrogen-bond donors (Lipinski definition) is 2. The summed E-state index contributed by atoms with van der Waals surface area (Å²) in [5.74, 6) is -2.97. The lowest BCUT2D eigenvalue weighted by Crippen LogP contribution is -2.32. The highest BCUT2D eigenvalue weighted by molar-refractivity contribution is 6.53. The van der Waals surface area contributed by atoms with Gasteiger partial charge >= 0.3 is 5.97 Å². The van der Waals surface area contributed by atoms with Crippen LogP contribution in [0.5, 0.6) is 0 Å². The van der Waals surface area contributed by atoms with Gasteiger partial charge in [-0.15, -0.1) is 0 Å². The van der Waals surface area contributed by atoms with Gasteiger partial charge in [0.05, 0.1) is 17.4 Å². The molecule has 37 heavy (non-hydrogen) atoms. The number of imide groups is 1. The Bertz CT molecular complexity index is 1440. The fourth-order valence-corrected chi connectivity index (χ4v) is 3.74. The maximum Gasteiger partial charge on any atom is 0.338 e. The van der Waals surface area contributed by atoms with E-state index in [9.17, 15) is 23.6 Å². The Morgan fingerprint density at radius 2 is 1.51 bits per heavy atom. The second kappa shape index (κ2) is 10.6. The van der Waals surface area contributed by atoms with Crippen molar-refractivity contribution in [2.24, 2.45) is 0 Å². The Morgan fingerprint density at radius 1 is 0.892 bits per heavy atom. The van der Waals surface area contributed by atoms with Crippen LogP contribution in [0.25, 0.3) is 0 Å². The SMILES string of the molecule is CC(C)OC(=O)c1cccc(NC(=O)c2cccc(NC3=C(Cl)C(=O)N(c4ccc(F)cc4)C3=O)c2)c1. The molecule has 2 N–H and O–H groups in total. The van der Waals surface area contributed by atoms with E-state index in [1.807, 2.05) is 0 Å². The largest absolute Gasteiger partial charge is 0.459 e. The van der Waals surface area contributed by atoms with Gasteiger partial charge in [-0.3, -0.25) is 14.4 Å². The van der Waals surface area contributed by atoms with Crippen LogP contribution in [-0.4, -0.2) is 29.8 Å². The lowest BCUT2D eigenvalue weighted by atomic mass is 10.1. The first-order valence-electron chi connectivity index (χ1n) is 11.2. The molecular weight excluding hydrogens is 501 g/mol. The van der Waals surface area contributed by atoms with E-state index in [1.165, 1.54) is 24.3 Å². The number of carbonyl (C=O) groups excluding carboxylic acids is 4. The zero-order chi connectivity index (χ0) is 26.7. The van der Waals surface area contributed by atoms with Crippen molar-refractivity contribution in [3.63, 3.8) is 0 Å². The van der Waals surface area contributed by atoms with E-state index in [-0.39, 0.29) is 28.1 Å². The number of anilines is 3. The van der Waals surface area contributed by atoms with Crippen molar-refractivity contribution in [2.45, 2.75) is 20.0 Å². The monoisotopic (exact) mass is 521 g/mol. The molecule has 0 aromatic heterocycles. The highest BCUT2D eigenvalue weighted by Gasteiger charge is 2.39. The molecule has 4 rings (SSSR count). The summed E-state index contributed by atoms with van der Waals surface area (Å²) in [5.41, 5.74) is 1.24. The molecule has 0 bridgehead atoms. The molecule has 0 fully saturated rings. The van der Waals surface area contributed by atoms with Gasteiger partial charge in [-0.2, -0.15) is 0 Å². The summed E-state index contributed by atoms with van der Waals surface area (Å²) in [5, 5.41) is 5.18. The molecule has 3 amide bonds. The molecule has 3 aromatic rings. The van der Waals surface area contributed by atoms with Crippen LogP contribution in [-0.2, 0) is 14.3 Å². The van der Waals surface area contributed by atoms with Crippen LogP contribution in [0.15, 0.2) is 83.5 Å². The van der Waals surface area contributed by atoms with E-state index >= 15 is 0 Å². The summed E-state index contributed by atoms with van der Waals surface area (Å²) < 4.78 is 18.4. The Morgan fingerprint density at radius 3 is 2.19 bits per heavy atom. The number of esters is 1. The van der Waals surface area contributed by atoms with Gasteiger partial charge in [0.1, 0.15) is 16.5 Å². The first-order chi connectivity index (χ1) is 17.6. The molecule has 1 heterocycles. The topological polar surface area (TPSA) is 105 Å². The van der Waals surface area contributed by atoms with Crippen LogP contribution in [0.2, 0.25) is 0 Å². The van der Waals surface area contributed by atoms with Crippen LogP contribution in [0, 0.1) is 5.82 Å². The molecule has 0 spiro atoms. The molecule has 8 nitrogen and oxygen atoms in total. The zero-order valence-electron chi connectivity index (χ0n) is 19.7. The van der Waals surface area contributed by atoms with Crippen molar-refractivity contribution >= 4 is 52.4 Å². The molecule has 0 atom stereocenters. The third-order valence-corrected chi connectivity index (χ3v) is 5.56. The average molecular weight is 522 g/mol. The van der Waals surface area contributed by atoms with Crippen molar-refractivity contribution < 1.29 is 28.3 Å². The molecule has 1 aliphatic heterocycles. The predicted octanol–water partition coefficient (Wildman–Crippen LogP) is 5.08. The number of nitrogens with one attached hydrogen (secondary N) is 2. The van der Waals surface area contributed by atoms with E-state index in [2.05, 4.69) is 10.6 Å². The van der Waals surface area contributed by atoms with Gasteiger partial charge in [-0.25, -0.2) is 14.1 Å². The Balaban J connectivity index is 1.49. The van der Waals surface area contributed by atoms with Crippen LogP contribution in [0.1, 0.15) is 34.6 Å². The number of ether oxygens (including phenoxy) is 1. The molecule has 0 radical (unpaired) electrons. The highest BCUT2D eigenvalue weighted by atomic mass is 35.5. The fraction of sp³-hybridized carbons (Fsp3) is 0.111. The number of carbonyl (C=O) groups is 4. The summed E-state index contributed by atoms with van der Waals surface area (Å²) >= 11 is 6.14. The summed E-state index contributed by atoms with van der Waals surface area (Å²) in [6, 6.07) is 17.4. The van der Waals surface area contributed by atoms with Crippen molar-refractivity contribution in [3.05, 3.63) is 100 Å². The molecule has 0 saturated carbocycles. The summed E-state index contributed by atoms with van der Waals surface area (Å²) in [4.78, 5) is 51.4. The summed E-state index contributed by atoms with van der Waals surface area (Å²) in [6.07, 6.45) is -0.283. The van der Waals surface area contributed by atoms with E-state index in [0.717, 1.165) is 17.0 Å². The minimum Gasteiger partial charge on any atom is -0.459 e. The molecule has 0 aliphatic carbocycles. The quantitative estimate of drug-likeness (QED) is 0.332. The predicted molar refractivity (Wildman–Crippen MR) is 137 cm³/mol. The number of hydrogen-bond acceptors (Lipinski definition) is 6. The zero-order valence-corrected chi connectivity index (χ0v) is 20.5. The number of rotatable bonds is 7. The normalized spacial score (nSPS) is 13.3. The Labute approximate surface area is 216 Å². The average Bonchev–Trinajstić information content (AvgIpc) is 3.07. The third-order valence-electron chi connectivity index (χ3n) is 5.21. The molecule has 3 aromatic carbocycles. The van der Waals surface area contributed by atoms with Gasteiger partial charge in [-0.1, -0.05) is 23.7 Å². The van der Waals surface area contributed by atoms with E-state index in [1.54, 1.807) is 50.2 Å². The minimum atomic E-state index is -0.759. The third kappa shape index (κ3) is 5.68. The second-order valence-corrected chi connectivity index (χ2v) is 8.68.